The van der Waals surface area contributed by atoms with Crippen LogP contribution in [0.3, 0.4) is 0 Å². The van der Waals surface area contributed by atoms with Crippen LogP contribution in [0.4, 0.5) is 0 Å². The zero-order valence-electron chi connectivity index (χ0n) is 8.81. The maximum atomic E-state index is 10.5. The molecule has 1 aromatic rings. The summed E-state index contributed by atoms with van der Waals surface area (Å²) < 4.78 is 8.88. The fourth-order valence-electron chi connectivity index (χ4n) is 0.910. The molecule has 0 aliphatic heterocycles. The van der Waals surface area contributed by atoms with E-state index in [1.165, 1.54) is 6.20 Å². The Morgan fingerprint density at radius 3 is 2.17 bits per heavy atom. The fourth-order valence-corrected chi connectivity index (χ4v) is 0.910. The van der Waals surface area contributed by atoms with Gasteiger partial charge in [0.25, 0.3) is 0 Å². The second-order valence-electron chi connectivity index (χ2n) is 2.92. The summed E-state index contributed by atoms with van der Waals surface area (Å²) >= 11 is 0. The summed E-state index contributed by atoms with van der Waals surface area (Å²) in [6.45, 7) is 1.29. The summed E-state index contributed by atoms with van der Waals surface area (Å²) in [6, 6.07) is 0. The van der Waals surface area contributed by atoms with E-state index in [1.807, 2.05) is 0 Å². The number of nitrogens with zero attached hydrogens (tertiary/aromatic N) is 1. The Morgan fingerprint density at radius 2 is 1.83 bits per heavy atom. The summed E-state index contributed by atoms with van der Waals surface area (Å²) in [5.74, 6) is -0.156. The molecule has 100 valence electrons. The molecule has 0 amide bonds. The number of aryl methyl sites for hydroxylation is 1. The summed E-state index contributed by atoms with van der Waals surface area (Å²) in [5.41, 5.74) is 0.840. The van der Waals surface area contributed by atoms with Crippen molar-refractivity contribution >= 4 is 51.8 Å². The Balaban J connectivity index is 0. The molecule has 0 saturated carbocycles. The molecule has 1 heterocycles. The van der Waals surface area contributed by atoms with Crippen molar-refractivity contribution in [3.05, 3.63) is 23.0 Å². The standard InChI is InChI=1S/C8H9NO3.Ca.H3O4P.2H/c1-5-8(12)7(4-11)6(3-10)2-9-5;;1-5(2,3)4;;/h2,4,10,12H,3H2,1H3;;(H3,1,2,3,4);;. The van der Waals surface area contributed by atoms with E-state index in [9.17, 15) is 9.90 Å². The molecule has 0 aromatic carbocycles. The minimum atomic E-state index is -4.64. The topological polar surface area (TPSA) is 148 Å². The second-order valence-corrected chi connectivity index (χ2v) is 3.95. The van der Waals surface area contributed by atoms with Crippen LogP contribution in [0.25, 0.3) is 0 Å². The molecule has 18 heavy (non-hydrogen) atoms. The second kappa shape index (κ2) is 8.95. The van der Waals surface area contributed by atoms with E-state index in [0.717, 1.165) is 0 Å². The van der Waals surface area contributed by atoms with Gasteiger partial charge >= 0.3 is 45.6 Å². The van der Waals surface area contributed by atoms with Crippen LogP contribution in [0.15, 0.2) is 6.20 Å². The molecular weight excluding hydrogens is 293 g/mol. The predicted octanol–water partition coefficient (Wildman–Crippen LogP) is -1.44. The predicted molar refractivity (Wildman–Crippen MR) is 64.8 cm³/mol. The van der Waals surface area contributed by atoms with Crippen LogP contribution in [0.2, 0.25) is 0 Å². The van der Waals surface area contributed by atoms with Crippen molar-refractivity contribution in [3.63, 3.8) is 0 Å². The van der Waals surface area contributed by atoms with Gasteiger partial charge in [0.1, 0.15) is 5.75 Å². The first kappa shape index (κ1) is 20.3. The van der Waals surface area contributed by atoms with E-state index >= 15 is 0 Å². The SMILES string of the molecule is Cc1ncc(CO)c(C=O)c1O.O=P(O)(O)O.[CaH2]. The van der Waals surface area contributed by atoms with Crippen LogP contribution in [-0.4, -0.2) is 73.9 Å². The van der Waals surface area contributed by atoms with E-state index in [4.69, 9.17) is 24.4 Å². The number of rotatable bonds is 2. The van der Waals surface area contributed by atoms with Crippen LogP contribution >= 0.6 is 7.82 Å². The molecule has 10 heteroatoms. The number of carbonyl (C=O) groups excluding carboxylic acids is 1. The Bertz CT molecular complexity index is 439. The van der Waals surface area contributed by atoms with Gasteiger partial charge in [-0.1, -0.05) is 0 Å². The number of aromatic nitrogens is 1. The van der Waals surface area contributed by atoms with Gasteiger partial charge in [-0.25, -0.2) is 4.57 Å². The molecule has 1 rings (SSSR count). The van der Waals surface area contributed by atoms with Crippen molar-refractivity contribution in [2.24, 2.45) is 0 Å². The molecule has 5 N–H and O–H groups in total. The first-order valence-corrected chi connectivity index (χ1v) is 5.79. The third kappa shape index (κ3) is 8.12. The monoisotopic (exact) mass is 307 g/mol. The van der Waals surface area contributed by atoms with Crippen LogP contribution in [0.5, 0.6) is 5.75 Å². The number of hydrogen-bond acceptors (Lipinski definition) is 5. The number of pyridine rings is 1. The van der Waals surface area contributed by atoms with Gasteiger partial charge in [-0.3, -0.25) is 9.78 Å². The normalized spacial score (nSPS) is 9.83. The maximum absolute atomic E-state index is 10.5. The number of aliphatic hydroxyl groups is 1. The number of aldehydes is 1. The molecule has 0 aliphatic rings. The summed E-state index contributed by atoms with van der Waals surface area (Å²) in [6.07, 6.45) is 1.88. The van der Waals surface area contributed by atoms with E-state index in [-0.39, 0.29) is 55.7 Å². The Morgan fingerprint density at radius 1 is 1.39 bits per heavy atom. The quantitative estimate of drug-likeness (QED) is 0.253. The van der Waals surface area contributed by atoms with Gasteiger partial charge in [0.2, 0.25) is 0 Å². The van der Waals surface area contributed by atoms with Crippen LogP contribution in [0.1, 0.15) is 21.6 Å². The Hall–Kier alpha value is -0.0503. The van der Waals surface area contributed by atoms with E-state index in [0.29, 0.717) is 17.5 Å². The average Bonchev–Trinajstić information content (AvgIpc) is 2.19. The number of aliphatic hydroxyl groups excluding tert-OH is 1. The van der Waals surface area contributed by atoms with E-state index < -0.39 is 7.82 Å². The zero-order valence-corrected chi connectivity index (χ0v) is 9.70. The van der Waals surface area contributed by atoms with Gasteiger partial charge in [0, 0.05) is 11.8 Å². The molecule has 0 aliphatic carbocycles. The van der Waals surface area contributed by atoms with E-state index in [2.05, 4.69) is 4.98 Å². The van der Waals surface area contributed by atoms with E-state index in [1.54, 1.807) is 6.92 Å². The number of carbonyl (C=O) groups is 1. The third-order valence-electron chi connectivity index (χ3n) is 1.65. The summed E-state index contributed by atoms with van der Waals surface area (Å²) in [7, 11) is -4.64. The van der Waals surface area contributed by atoms with Crippen molar-refractivity contribution < 1.29 is 34.3 Å². The van der Waals surface area contributed by atoms with Crippen LogP contribution < -0.4 is 0 Å². The van der Waals surface area contributed by atoms with Gasteiger partial charge < -0.3 is 24.9 Å². The molecule has 0 spiro atoms. The zero-order chi connectivity index (χ0) is 13.6. The fraction of sp³-hybridized carbons (Fsp3) is 0.250. The first-order chi connectivity index (χ1) is 7.70. The summed E-state index contributed by atoms with van der Waals surface area (Å²) in [4.78, 5) is 35.8. The van der Waals surface area contributed by atoms with Crippen molar-refractivity contribution in [2.45, 2.75) is 13.5 Å². The van der Waals surface area contributed by atoms with Crippen molar-refractivity contribution in [1.29, 1.82) is 0 Å². The van der Waals surface area contributed by atoms with Crippen LogP contribution in [0, 0.1) is 6.92 Å². The number of hydrogen-bond donors (Lipinski definition) is 5. The van der Waals surface area contributed by atoms with Crippen LogP contribution in [-0.2, 0) is 11.2 Å². The van der Waals surface area contributed by atoms with Gasteiger partial charge in [0.15, 0.2) is 6.29 Å². The van der Waals surface area contributed by atoms with Gasteiger partial charge in [-0.05, 0) is 6.92 Å². The van der Waals surface area contributed by atoms with Gasteiger partial charge in [-0.2, -0.15) is 0 Å². The molecule has 8 nitrogen and oxygen atoms in total. The summed E-state index contributed by atoms with van der Waals surface area (Å²) in [5, 5.41) is 18.1. The van der Waals surface area contributed by atoms with Gasteiger partial charge in [-0.15, -0.1) is 0 Å². The minimum absolute atomic E-state index is 0. The Kier molecular flexibility index (Phi) is 10.1. The Labute approximate surface area is 133 Å². The molecule has 0 atom stereocenters. The third-order valence-corrected chi connectivity index (χ3v) is 1.65. The molecule has 1 aromatic heterocycles. The van der Waals surface area contributed by atoms with Crippen molar-refractivity contribution in [1.82, 2.24) is 4.98 Å². The van der Waals surface area contributed by atoms with Gasteiger partial charge in [0.05, 0.1) is 17.9 Å². The van der Waals surface area contributed by atoms with Crippen molar-refractivity contribution in [2.75, 3.05) is 0 Å². The molecule has 0 unspecified atom stereocenters. The number of aromatic hydroxyl groups is 1. The average molecular weight is 307 g/mol. The first-order valence-electron chi connectivity index (χ1n) is 4.22. The molecular formula is C8H14CaNO7P. The molecule has 0 fully saturated rings. The molecule has 0 saturated heterocycles. The van der Waals surface area contributed by atoms with Crippen molar-refractivity contribution in [3.8, 4) is 5.75 Å². The number of phosphoric acid groups is 1. The molecule has 0 bridgehead atoms. The molecule has 0 radical (unpaired) electrons.